The maximum absolute atomic E-state index is 11.6. The van der Waals surface area contributed by atoms with Gasteiger partial charge in [-0.2, -0.15) is 13.0 Å². The molecule has 0 radical (unpaired) electrons. The van der Waals surface area contributed by atoms with E-state index in [2.05, 4.69) is 117 Å². The Morgan fingerprint density at radius 2 is 1.87 bits per heavy atom. The lowest BCUT2D eigenvalue weighted by molar-refractivity contribution is -0.668. The lowest BCUT2D eigenvalue weighted by Gasteiger charge is -2.19. The number of thiophene rings is 1. The minimum Gasteiger partial charge on any atom is -0.324 e. The van der Waals surface area contributed by atoms with E-state index in [-0.39, 0.29) is 15.5 Å². The molecule has 1 N–H and O–H groups in total. The van der Waals surface area contributed by atoms with Gasteiger partial charge in [-0.05, 0) is 109 Å². The molecule has 4 heterocycles. The van der Waals surface area contributed by atoms with E-state index in [1.54, 1.807) is 22.7 Å². The quantitative estimate of drug-likeness (QED) is 0.0506. The molecule has 0 saturated carbocycles. The number of aromatic nitrogens is 2. The van der Waals surface area contributed by atoms with Gasteiger partial charge in [0.25, 0.3) is 15.1 Å². The summed E-state index contributed by atoms with van der Waals surface area (Å²) in [7, 11) is -2.31. The Balaban J connectivity index is 1.28. The molecule has 0 spiro atoms. The summed E-state index contributed by atoms with van der Waals surface area (Å²) in [6.07, 6.45) is 7.62. The maximum Gasteiger partial charge on any atom is 0.265 e. The minimum atomic E-state index is -4.05. The summed E-state index contributed by atoms with van der Waals surface area (Å²) < 4.78 is 42.0. The number of fused-ring (bicyclic) bond motifs is 3. The van der Waals surface area contributed by atoms with Crippen LogP contribution in [0.3, 0.4) is 0 Å². The van der Waals surface area contributed by atoms with Gasteiger partial charge >= 0.3 is 0 Å². The molecule has 1 aliphatic rings. The SMILES string of the molecule is CCC(/C=S1\Sc2ccc(-n3cccc3)cc2N1CC)=C\c1sc2ccc(-c3cccc4ccsc34)cc2[n+]1CCCS(=O)(=O)O. The van der Waals surface area contributed by atoms with Gasteiger partial charge in [0.1, 0.15) is 4.70 Å². The average Bonchev–Trinajstić information content (AvgIpc) is 3.85. The van der Waals surface area contributed by atoms with Gasteiger partial charge in [-0.3, -0.25) is 4.55 Å². The lowest BCUT2D eigenvalue weighted by Crippen LogP contribution is -2.36. The maximum atomic E-state index is 11.6. The van der Waals surface area contributed by atoms with E-state index in [0.29, 0.717) is 13.0 Å². The molecule has 6 nitrogen and oxygen atoms in total. The smallest absolute Gasteiger partial charge is 0.265 e. The van der Waals surface area contributed by atoms with E-state index in [4.69, 9.17) is 0 Å². The number of benzene rings is 3. The Bertz CT molecular complexity index is 2230. The molecular formula is C35H34N3O3S5+. The first-order chi connectivity index (χ1) is 22.3. The van der Waals surface area contributed by atoms with Crippen molar-refractivity contribution in [3.05, 3.63) is 101 Å². The zero-order chi connectivity index (χ0) is 31.8. The predicted molar refractivity (Wildman–Crippen MR) is 200 cm³/mol. The molecule has 0 saturated heterocycles. The van der Waals surface area contributed by atoms with E-state index < -0.39 is 10.1 Å². The van der Waals surface area contributed by atoms with Gasteiger partial charge in [0.15, 0.2) is 6.54 Å². The topological polar surface area (TPSA) is 66.4 Å². The second kappa shape index (κ2) is 13.1. The molecule has 0 amide bonds. The lowest BCUT2D eigenvalue weighted by atomic mass is 10.0. The van der Waals surface area contributed by atoms with Gasteiger partial charge in [-0.1, -0.05) is 42.5 Å². The normalized spacial score (nSPS) is 15.4. The van der Waals surface area contributed by atoms with Crippen molar-refractivity contribution in [2.45, 2.75) is 38.1 Å². The van der Waals surface area contributed by atoms with Crippen LogP contribution in [0.15, 0.2) is 101 Å². The highest BCUT2D eigenvalue weighted by Crippen LogP contribution is 2.55. The third-order valence-electron chi connectivity index (χ3n) is 8.07. The molecule has 11 heteroatoms. The first-order valence-corrected chi connectivity index (χ1v) is 21.1. The largest absolute Gasteiger partial charge is 0.324 e. The van der Waals surface area contributed by atoms with Crippen LogP contribution in [0.4, 0.5) is 5.69 Å². The number of nitrogens with zero attached hydrogens (tertiary/aromatic N) is 3. The Hall–Kier alpha value is -3.19. The van der Waals surface area contributed by atoms with Gasteiger partial charge < -0.3 is 8.87 Å². The molecule has 3 aromatic carbocycles. The fourth-order valence-corrected chi connectivity index (χ4v) is 12.7. The third kappa shape index (κ3) is 6.36. The van der Waals surface area contributed by atoms with Crippen molar-refractivity contribution in [2.75, 3.05) is 16.6 Å². The molecule has 1 unspecified atom stereocenters. The summed E-state index contributed by atoms with van der Waals surface area (Å²) >= 11 is 3.47. The van der Waals surface area contributed by atoms with E-state index in [1.807, 2.05) is 22.9 Å². The first kappa shape index (κ1) is 31.4. The molecule has 1 atom stereocenters. The van der Waals surface area contributed by atoms with Crippen LogP contribution >= 0.6 is 43.2 Å². The van der Waals surface area contributed by atoms with Crippen LogP contribution in [-0.4, -0.2) is 35.2 Å². The van der Waals surface area contributed by atoms with E-state index >= 15 is 0 Å². The van der Waals surface area contributed by atoms with Gasteiger partial charge in [0.2, 0.25) is 5.52 Å². The summed E-state index contributed by atoms with van der Waals surface area (Å²) in [6, 6.07) is 25.9. The summed E-state index contributed by atoms with van der Waals surface area (Å²) in [4.78, 5) is 1.29. The highest BCUT2D eigenvalue weighted by atomic mass is 33.1. The zero-order valence-electron chi connectivity index (χ0n) is 25.5. The predicted octanol–water partition coefficient (Wildman–Crippen LogP) is 9.47. The minimum absolute atomic E-state index is 0.168. The number of rotatable bonds is 10. The van der Waals surface area contributed by atoms with Gasteiger partial charge in [-0.25, -0.2) is 0 Å². The summed E-state index contributed by atoms with van der Waals surface area (Å²) in [5.74, 6) is -0.268. The molecule has 7 rings (SSSR count). The van der Waals surface area contributed by atoms with Gasteiger partial charge in [0, 0.05) is 52.8 Å². The molecule has 236 valence electrons. The summed E-state index contributed by atoms with van der Waals surface area (Å²) in [6.45, 7) is 5.80. The highest BCUT2D eigenvalue weighted by molar-refractivity contribution is 8.84. The average molecular weight is 705 g/mol. The monoisotopic (exact) mass is 704 g/mol. The molecule has 1 aliphatic heterocycles. The molecule has 3 aromatic heterocycles. The van der Waals surface area contributed by atoms with E-state index in [9.17, 15) is 13.0 Å². The second-order valence-electron chi connectivity index (χ2n) is 11.0. The van der Waals surface area contributed by atoms with Gasteiger partial charge in [-0.15, -0.1) is 11.3 Å². The van der Waals surface area contributed by atoms with Crippen molar-refractivity contribution in [3.8, 4) is 16.8 Å². The standard InChI is InChI=1S/C35H33N3O3S5/c1-3-25(24-45-38(4-2)31-23-28(12-14-33(31)44-45)36-16-5-6-17-36)21-34-37(18-8-20-46(39,40)41)30-22-27(11-13-32(30)43-34)29-10-7-9-26-15-19-42-35(26)29/h5-7,9-17,19,21-24H,3-4,8,18,20H2,1-2H3/p+1/b25-21+. The van der Waals surface area contributed by atoms with E-state index in [1.165, 1.54) is 31.8 Å². The number of thiazole rings is 1. The van der Waals surface area contributed by atoms with Crippen molar-refractivity contribution in [3.63, 3.8) is 0 Å². The Morgan fingerprint density at radius 1 is 1.02 bits per heavy atom. The van der Waals surface area contributed by atoms with Crippen LogP contribution < -0.4 is 8.87 Å². The number of anilines is 1. The number of aryl methyl sites for hydroxylation is 1. The molecule has 6 aromatic rings. The summed E-state index contributed by atoms with van der Waals surface area (Å²) in [5.41, 5.74) is 7.08. The molecule has 0 aliphatic carbocycles. The van der Waals surface area contributed by atoms with E-state index in [0.717, 1.165) is 39.4 Å². The van der Waals surface area contributed by atoms with Crippen molar-refractivity contribution < 1.29 is 17.5 Å². The Kier molecular flexibility index (Phi) is 8.97. The first-order valence-electron chi connectivity index (χ1n) is 15.2. The van der Waals surface area contributed by atoms with Crippen LogP contribution in [0.1, 0.15) is 31.7 Å². The number of hydrogen-bond donors (Lipinski definition) is 1. The number of hydrogen-bond acceptors (Lipinski definition) is 6. The van der Waals surface area contributed by atoms with Crippen LogP contribution in [-0.2, 0) is 16.7 Å². The van der Waals surface area contributed by atoms with Crippen LogP contribution in [0.5, 0.6) is 0 Å². The highest BCUT2D eigenvalue weighted by Gasteiger charge is 2.25. The molecule has 0 fully saturated rings. The van der Waals surface area contributed by atoms with Gasteiger partial charge in [0.05, 0.1) is 11.4 Å². The zero-order valence-corrected chi connectivity index (χ0v) is 29.6. The fraction of sp³-hybridized carbons (Fsp3) is 0.200. The van der Waals surface area contributed by atoms with Crippen molar-refractivity contribution in [1.29, 1.82) is 0 Å². The van der Waals surface area contributed by atoms with Crippen molar-refractivity contribution >= 4 is 90.7 Å². The fourth-order valence-electron chi connectivity index (χ4n) is 5.80. The molecule has 46 heavy (non-hydrogen) atoms. The Morgan fingerprint density at radius 3 is 2.65 bits per heavy atom. The van der Waals surface area contributed by atoms with Crippen LogP contribution in [0, 0.1) is 0 Å². The second-order valence-corrected chi connectivity index (χ2v) is 18.0. The third-order valence-corrected chi connectivity index (χ3v) is 14.9. The molecular weight excluding hydrogens is 671 g/mol. The summed E-state index contributed by atoms with van der Waals surface area (Å²) in [5, 5.41) is 6.84. The van der Waals surface area contributed by atoms with Crippen LogP contribution in [0.25, 0.3) is 43.2 Å². The number of allylic oxidation sites excluding steroid dienone is 1. The Labute approximate surface area is 283 Å². The van der Waals surface area contributed by atoms with Crippen molar-refractivity contribution in [2.24, 2.45) is 0 Å². The molecule has 0 bridgehead atoms. The van der Waals surface area contributed by atoms with Crippen molar-refractivity contribution in [1.82, 2.24) is 4.57 Å². The van der Waals surface area contributed by atoms with Crippen LogP contribution in [0.2, 0.25) is 0 Å².